The number of aliphatic carboxylic acids is 1. The molecule has 0 aromatic carbocycles. The Kier molecular flexibility index (Phi) is 6.12. The van der Waals surface area contributed by atoms with E-state index in [0.717, 1.165) is 32.3 Å². The fourth-order valence-corrected chi connectivity index (χ4v) is 2.11. The topological polar surface area (TPSA) is 75.6 Å². The van der Waals surface area contributed by atoms with Crippen LogP contribution < -0.4 is 5.32 Å². The van der Waals surface area contributed by atoms with Crippen molar-refractivity contribution in [3.63, 3.8) is 0 Å². The van der Waals surface area contributed by atoms with Gasteiger partial charge in [0.15, 0.2) is 0 Å². The second-order valence-corrected chi connectivity index (χ2v) is 5.18. The van der Waals surface area contributed by atoms with Gasteiger partial charge in [-0.15, -0.1) is 0 Å². The number of amides is 1. The van der Waals surface area contributed by atoms with Crippen LogP contribution in [-0.2, 0) is 14.3 Å². The van der Waals surface area contributed by atoms with E-state index in [-0.39, 0.29) is 17.7 Å². The highest BCUT2D eigenvalue weighted by atomic mass is 16.5. The van der Waals surface area contributed by atoms with E-state index in [9.17, 15) is 9.59 Å². The summed E-state index contributed by atoms with van der Waals surface area (Å²) in [6.07, 6.45) is 4.35. The van der Waals surface area contributed by atoms with E-state index in [1.54, 1.807) is 0 Å². The molecule has 1 amide bonds. The van der Waals surface area contributed by atoms with Crippen LogP contribution in [0.25, 0.3) is 0 Å². The number of hydrogen-bond acceptors (Lipinski definition) is 3. The lowest BCUT2D eigenvalue weighted by molar-refractivity contribution is -0.138. The number of hydrogen-bond donors (Lipinski definition) is 2. The SMILES string of the molecule is CC1(C(=O)NCCCCCC(=O)O)CCCOC1. The molecule has 0 spiro atoms. The Morgan fingerprint density at radius 2 is 2.11 bits per heavy atom. The van der Waals surface area contributed by atoms with Gasteiger partial charge in [-0.05, 0) is 32.6 Å². The van der Waals surface area contributed by atoms with Crippen molar-refractivity contribution in [1.29, 1.82) is 0 Å². The maximum atomic E-state index is 12.0. The zero-order valence-electron chi connectivity index (χ0n) is 11.0. The molecule has 1 saturated heterocycles. The molecule has 0 aliphatic carbocycles. The molecule has 0 aromatic rings. The summed E-state index contributed by atoms with van der Waals surface area (Å²) in [6, 6.07) is 0. The van der Waals surface area contributed by atoms with Crippen LogP contribution in [0.2, 0.25) is 0 Å². The molecule has 1 unspecified atom stereocenters. The Bertz CT molecular complexity index is 285. The van der Waals surface area contributed by atoms with Gasteiger partial charge in [-0.25, -0.2) is 0 Å². The van der Waals surface area contributed by atoms with E-state index < -0.39 is 5.97 Å². The van der Waals surface area contributed by atoms with Crippen molar-refractivity contribution in [2.24, 2.45) is 5.41 Å². The van der Waals surface area contributed by atoms with Crippen molar-refractivity contribution in [2.75, 3.05) is 19.8 Å². The minimum Gasteiger partial charge on any atom is -0.481 e. The Morgan fingerprint density at radius 1 is 1.33 bits per heavy atom. The van der Waals surface area contributed by atoms with Gasteiger partial charge in [0.05, 0.1) is 12.0 Å². The smallest absolute Gasteiger partial charge is 0.303 e. The predicted octanol–water partition coefficient (Wildman–Crippen LogP) is 1.56. The Hall–Kier alpha value is -1.10. The monoisotopic (exact) mass is 257 g/mol. The van der Waals surface area contributed by atoms with Crippen LogP contribution >= 0.6 is 0 Å². The van der Waals surface area contributed by atoms with E-state index in [4.69, 9.17) is 9.84 Å². The number of carboxylic acid groups (broad SMARTS) is 1. The van der Waals surface area contributed by atoms with Gasteiger partial charge in [0.2, 0.25) is 5.91 Å². The zero-order valence-corrected chi connectivity index (χ0v) is 11.0. The van der Waals surface area contributed by atoms with Gasteiger partial charge < -0.3 is 15.2 Å². The molecule has 2 N–H and O–H groups in total. The first-order valence-electron chi connectivity index (χ1n) is 6.62. The van der Waals surface area contributed by atoms with E-state index in [1.807, 2.05) is 6.92 Å². The maximum Gasteiger partial charge on any atom is 0.303 e. The van der Waals surface area contributed by atoms with Crippen molar-refractivity contribution in [1.82, 2.24) is 5.32 Å². The van der Waals surface area contributed by atoms with Crippen LogP contribution in [0.1, 0.15) is 45.4 Å². The second kappa shape index (κ2) is 7.36. The first kappa shape index (κ1) is 15.0. The zero-order chi connectivity index (χ0) is 13.4. The quantitative estimate of drug-likeness (QED) is 0.679. The van der Waals surface area contributed by atoms with Crippen LogP contribution in [0.4, 0.5) is 0 Å². The number of ether oxygens (including phenoxy) is 1. The van der Waals surface area contributed by atoms with Crippen LogP contribution in [0.3, 0.4) is 0 Å². The van der Waals surface area contributed by atoms with E-state index in [2.05, 4.69) is 5.32 Å². The summed E-state index contributed by atoms with van der Waals surface area (Å²) in [6.45, 7) is 3.80. The molecule has 0 saturated carbocycles. The highest BCUT2D eigenvalue weighted by Gasteiger charge is 2.35. The summed E-state index contributed by atoms with van der Waals surface area (Å²) < 4.78 is 5.35. The molecule has 1 rings (SSSR count). The van der Waals surface area contributed by atoms with Crippen LogP contribution in [0.5, 0.6) is 0 Å². The summed E-state index contributed by atoms with van der Waals surface area (Å²) in [4.78, 5) is 22.3. The Labute approximate surface area is 108 Å². The first-order chi connectivity index (χ1) is 8.54. The molecule has 0 bridgehead atoms. The normalized spacial score (nSPS) is 23.6. The molecule has 5 nitrogen and oxygen atoms in total. The highest BCUT2D eigenvalue weighted by molar-refractivity contribution is 5.82. The van der Waals surface area contributed by atoms with Crippen molar-refractivity contribution in [3.05, 3.63) is 0 Å². The molecule has 0 radical (unpaired) electrons. The van der Waals surface area contributed by atoms with Crippen LogP contribution in [-0.4, -0.2) is 36.7 Å². The van der Waals surface area contributed by atoms with Gasteiger partial charge in [-0.3, -0.25) is 9.59 Å². The summed E-state index contributed by atoms with van der Waals surface area (Å²) in [7, 11) is 0. The average molecular weight is 257 g/mol. The highest BCUT2D eigenvalue weighted by Crippen LogP contribution is 2.27. The fraction of sp³-hybridized carbons (Fsp3) is 0.846. The van der Waals surface area contributed by atoms with Gasteiger partial charge in [-0.1, -0.05) is 6.42 Å². The number of unbranched alkanes of at least 4 members (excludes halogenated alkanes) is 2. The van der Waals surface area contributed by atoms with E-state index >= 15 is 0 Å². The van der Waals surface area contributed by atoms with E-state index in [0.29, 0.717) is 19.6 Å². The molecular weight excluding hydrogens is 234 g/mol. The van der Waals surface area contributed by atoms with Crippen molar-refractivity contribution in [2.45, 2.75) is 45.4 Å². The lowest BCUT2D eigenvalue weighted by atomic mass is 9.84. The van der Waals surface area contributed by atoms with Crippen LogP contribution in [0.15, 0.2) is 0 Å². The van der Waals surface area contributed by atoms with Gasteiger partial charge in [0.25, 0.3) is 0 Å². The number of carboxylic acids is 1. The van der Waals surface area contributed by atoms with Crippen LogP contribution in [0, 0.1) is 5.41 Å². The van der Waals surface area contributed by atoms with Crippen molar-refractivity contribution in [3.8, 4) is 0 Å². The van der Waals surface area contributed by atoms with Gasteiger partial charge in [-0.2, -0.15) is 0 Å². The van der Waals surface area contributed by atoms with Gasteiger partial charge in [0.1, 0.15) is 0 Å². The van der Waals surface area contributed by atoms with Crippen molar-refractivity contribution >= 4 is 11.9 Å². The molecule has 5 heteroatoms. The molecule has 1 heterocycles. The van der Waals surface area contributed by atoms with Crippen molar-refractivity contribution < 1.29 is 19.4 Å². The Balaban J connectivity index is 2.11. The third-order valence-corrected chi connectivity index (χ3v) is 3.34. The average Bonchev–Trinajstić information content (AvgIpc) is 2.34. The molecular formula is C13H23NO4. The number of nitrogens with one attached hydrogen (secondary N) is 1. The summed E-state index contributed by atoms with van der Waals surface area (Å²) in [5, 5.41) is 11.4. The molecule has 1 fully saturated rings. The largest absolute Gasteiger partial charge is 0.481 e. The second-order valence-electron chi connectivity index (χ2n) is 5.18. The summed E-state index contributed by atoms with van der Waals surface area (Å²) in [5.41, 5.74) is -0.390. The minimum atomic E-state index is -0.758. The van der Waals surface area contributed by atoms with Gasteiger partial charge >= 0.3 is 5.97 Å². The van der Waals surface area contributed by atoms with Gasteiger partial charge in [0, 0.05) is 19.6 Å². The Morgan fingerprint density at radius 3 is 2.72 bits per heavy atom. The molecule has 1 aliphatic heterocycles. The molecule has 104 valence electrons. The first-order valence-corrected chi connectivity index (χ1v) is 6.62. The summed E-state index contributed by atoms with van der Waals surface area (Å²) >= 11 is 0. The number of carbonyl (C=O) groups is 2. The fourth-order valence-electron chi connectivity index (χ4n) is 2.11. The standard InChI is InChI=1S/C13H23NO4/c1-13(7-5-9-18-10-13)12(17)14-8-4-2-3-6-11(15)16/h2-10H2,1H3,(H,14,17)(H,15,16). The third kappa shape index (κ3) is 5.04. The minimum absolute atomic E-state index is 0.0560. The molecule has 1 aliphatic rings. The predicted molar refractivity (Wildman–Crippen MR) is 67.3 cm³/mol. The van der Waals surface area contributed by atoms with E-state index in [1.165, 1.54) is 0 Å². The number of rotatable bonds is 7. The maximum absolute atomic E-state index is 12.0. The molecule has 1 atom stereocenters. The lowest BCUT2D eigenvalue weighted by Crippen LogP contribution is -2.44. The third-order valence-electron chi connectivity index (χ3n) is 3.34. The molecule has 0 aromatic heterocycles. The number of carbonyl (C=O) groups excluding carboxylic acids is 1. The lowest BCUT2D eigenvalue weighted by Gasteiger charge is -2.31. The summed E-state index contributed by atoms with van der Waals surface area (Å²) in [5.74, 6) is -0.702. The molecule has 18 heavy (non-hydrogen) atoms.